The third-order valence-electron chi connectivity index (χ3n) is 4.74. The van der Waals surface area contributed by atoms with Gasteiger partial charge >= 0.3 is 0 Å². The second-order valence-corrected chi connectivity index (χ2v) is 9.58. The topological polar surface area (TPSA) is 117 Å². The highest BCUT2D eigenvalue weighted by Gasteiger charge is 2.21. The summed E-state index contributed by atoms with van der Waals surface area (Å²) in [5, 5.41) is 6.75. The minimum Gasteiger partial charge on any atom is -0.457 e. The van der Waals surface area contributed by atoms with Crippen molar-refractivity contribution in [1.29, 1.82) is 0 Å². The van der Waals surface area contributed by atoms with E-state index in [1.807, 2.05) is 18.2 Å². The molecule has 0 spiro atoms. The van der Waals surface area contributed by atoms with Gasteiger partial charge in [-0.05, 0) is 61.0 Å². The number of carbonyl (C=O) groups is 2. The average molecular weight is 495 g/mol. The van der Waals surface area contributed by atoms with Crippen molar-refractivity contribution in [2.75, 3.05) is 22.4 Å². The number of nitrogens with one attached hydrogen (secondary N) is 2. The van der Waals surface area contributed by atoms with E-state index >= 15 is 0 Å². The van der Waals surface area contributed by atoms with Crippen LogP contribution < -0.4 is 19.8 Å². The van der Waals surface area contributed by atoms with Crippen LogP contribution in [-0.4, -0.2) is 38.7 Å². The molecule has 0 saturated carbocycles. The summed E-state index contributed by atoms with van der Waals surface area (Å²) < 4.78 is 31.5. The summed E-state index contributed by atoms with van der Waals surface area (Å²) in [6.45, 7) is 2.64. The molecule has 0 unspecified atom stereocenters. The van der Waals surface area contributed by atoms with Gasteiger partial charge in [0.15, 0.2) is 0 Å². The molecule has 182 valence electrons. The highest BCUT2D eigenvalue weighted by atomic mass is 32.2. The number of amides is 2. The van der Waals surface area contributed by atoms with Crippen molar-refractivity contribution in [3.63, 3.8) is 0 Å². The average Bonchev–Trinajstić information content (AvgIpc) is 2.81. The predicted molar refractivity (Wildman–Crippen MR) is 136 cm³/mol. The lowest BCUT2D eigenvalue weighted by atomic mass is 10.1. The van der Waals surface area contributed by atoms with Gasteiger partial charge in [-0.2, -0.15) is 5.10 Å². The molecule has 3 aromatic rings. The van der Waals surface area contributed by atoms with Crippen LogP contribution in [0.25, 0.3) is 0 Å². The van der Waals surface area contributed by atoms with Crippen molar-refractivity contribution in [3.8, 4) is 11.5 Å². The maximum absolute atomic E-state index is 12.5. The van der Waals surface area contributed by atoms with Gasteiger partial charge in [0.05, 0.1) is 17.7 Å². The van der Waals surface area contributed by atoms with Crippen molar-refractivity contribution in [2.24, 2.45) is 5.10 Å². The summed E-state index contributed by atoms with van der Waals surface area (Å²) in [4.78, 5) is 23.8. The Morgan fingerprint density at radius 2 is 1.57 bits per heavy atom. The maximum atomic E-state index is 12.5. The van der Waals surface area contributed by atoms with Crippen LogP contribution in [0.2, 0.25) is 0 Å². The van der Waals surface area contributed by atoms with Crippen molar-refractivity contribution in [2.45, 2.75) is 13.8 Å². The number of sulfonamides is 1. The monoisotopic (exact) mass is 494 g/mol. The fraction of sp³-hybridized carbons (Fsp3) is 0.160. The number of rotatable bonds is 9. The van der Waals surface area contributed by atoms with Gasteiger partial charge in [0.2, 0.25) is 15.9 Å². The lowest BCUT2D eigenvalue weighted by Crippen LogP contribution is -2.39. The number of hydrogen-bond donors (Lipinski definition) is 2. The van der Waals surface area contributed by atoms with Crippen LogP contribution in [-0.2, 0) is 19.6 Å². The molecule has 0 aliphatic carbocycles. The molecule has 0 fully saturated rings. The fourth-order valence-corrected chi connectivity index (χ4v) is 3.96. The standard InChI is InChI=1S/C25H26N4O5S/c1-18(20-8-7-9-21(16-20)26-19(2)30)27-28-25(31)17-29(35(3,32)33)22-12-14-24(15-13-22)34-23-10-5-4-6-11-23/h4-16H,17H2,1-3H3,(H,26,30)(H,28,31)/b27-18-. The van der Waals surface area contributed by atoms with E-state index in [1.165, 1.54) is 6.92 Å². The molecule has 0 saturated heterocycles. The number of carbonyl (C=O) groups excluding carboxylic acids is 2. The summed E-state index contributed by atoms with van der Waals surface area (Å²) in [5.41, 5.74) is 4.47. The Balaban J connectivity index is 1.69. The number of anilines is 2. The highest BCUT2D eigenvalue weighted by molar-refractivity contribution is 7.92. The lowest BCUT2D eigenvalue weighted by molar-refractivity contribution is -0.119. The fourth-order valence-electron chi connectivity index (χ4n) is 3.11. The third kappa shape index (κ3) is 7.68. The van der Waals surface area contributed by atoms with Gasteiger partial charge in [0.1, 0.15) is 18.0 Å². The van der Waals surface area contributed by atoms with Gasteiger partial charge in [-0.3, -0.25) is 13.9 Å². The summed E-state index contributed by atoms with van der Waals surface area (Å²) >= 11 is 0. The number of hydrazone groups is 1. The van der Waals surface area contributed by atoms with Crippen LogP contribution in [0.5, 0.6) is 11.5 Å². The molecule has 0 aliphatic rings. The van der Waals surface area contributed by atoms with Gasteiger partial charge < -0.3 is 10.1 Å². The van der Waals surface area contributed by atoms with Crippen molar-refractivity contribution < 1.29 is 22.7 Å². The van der Waals surface area contributed by atoms with Crippen molar-refractivity contribution in [3.05, 3.63) is 84.4 Å². The molecule has 35 heavy (non-hydrogen) atoms. The highest BCUT2D eigenvalue weighted by Crippen LogP contribution is 2.25. The molecule has 0 aliphatic heterocycles. The molecule has 0 aromatic heterocycles. The van der Waals surface area contributed by atoms with Gasteiger partial charge in [-0.1, -0.05) is 30.3 Å². The number of para-hydroxylation sites is 1. The summed E-state index contributed by atoms with van der Waals surface area (Å²) in [6.07, 6.45) is 1.02. The van der Waals surface area contributed by atoms with Gasteiger partial charge in [0, 0.05) is 12.6 Å². The maximum Gasteiger partial charge on any atom is 0.260 e. The molecule has 3 rings (SSSR count). The smallest absolute Gasteiger partial charge is 0.260 e. The van der Waals surface area contributed by atoms with Gasteiger partial charge in [0.25, 0.3) is 5.91 Å². The molecule has 0 heterocycles. The van der Waals surface area contributed by atoms with E-state index in [2.05, 4.69) is 15.8 Å². The van der Waals surface area contributed by atoms with E-state index in [9.17, 15) is 18.0 Å². The zero-order valence-corrected chi connectivity index (χ0v) is 20.4. The third-order valence-corrected chi connectivity index (χ3v) is 5.88. The van der Waals surface area contributed by atoms with E-state index in [-0.39, 0.29) is 5.91 Å². The molecule has 10 heteroatoms. The largest absolute Gasteiger partial charge is 0.457 e. The molecule has 9 nitrogen and oxygen atoms in total. The second kappa shape index (κ2) is 11.3. The summed E-state index contributed by atoms with van der Waals surface area (Å²) in [5.74, 6) is 0.359. The van der Waals surface area contributed by atoms with Crippen LogP contribution in [0.3, 0.4) is 0 Å². The number of ether oxygens (including phenoxy) is 1. The minimum absolute atomic E-state index is 0.203. The summed E-state index contributed by atoms with van der Waals surface area (Å²) in [6, 6.07) is 22.5. The Bertz CT molecular complexity index is 1320. The normalized spacial score (nSPS) is 11.5. The van der Waals surface area contributed by atoms with Crippen LogP contribution in [0, 0.1) is 0 Å². The Morgan fingerprint density at radius 1 is 0.914 bits per heavy atom. The Hall–Kier alpha value is -4.18. The molecule has 2 N–H and O–H groups in total. The minimum atomic E-state index is -3.75. The molecule has 0 atom stereocenters. The molecule has 0 radical (unpaired) electrons. The lowest BCUT2D eigenvalue weighted by Gasteiger charge is -2.21. The van der Waals surface area contributed by atoms with E-state index in [0.29, 0.717) is 34.1 Å². The van der Waals surface area contributed by atoms with E-state index in [1.54, 1.807) is 67.6 Å². The van der Waals surface area contributed by atoms with E-state index in [0.717, 1.165) is 10.6 Å². The SMILES string of the molecule is CC(=O)Nc1cccc(/C(C)=N\NC(=O)CN(c2ccc(Oc3ccccc3)cc2)S(C)(=O)=O)c1. The molecule has 2 amide bonds. The summed E-state index contributed by atoms with van der Waals surface area (Å²) in [7, 11) is -3.75. The van der Waals surface area contributed by atoms with Crippen LogP contribution >= 0.6 is 0 Å². The van der Waals surface area contributed by atoms with Gasteiger partial charge in [-0.25, -0.2) is 13.8 Å². The zero-order chi connectivity index (χ0) is 25.4. The van der Waals surface area contributed by atoms with Crippen LogP contribution in [0.4, 0.5) is 11.4 Å². The number of benzene rings is 3. The predicted octanol–water partition coefficient (Wildman–Crippen LogP) is 3.74. The Kier molecular flexibility index (Phi) is 8.21. The quantitative estimate of drug-likeness (QED) is 0.347. The van der Waals surface area contributed by atoms with Crippen LogP contribution in [0.1, 0.15) is 19.4 Å². The molecule has 3 aromatic carbocycles. The first-order valence-corrected chi connectivity index (χ1v) is 12.5. The molecule has 0 bridgehead atoms. The van der Waals surface area contributed by atoms with Crippen LogP contribution in [0.15, 0.2) is 84.0 Å². The van der Waals surface area contributed by atoms with E-state index in [4.69, 9.17) is 4.74 Å². The van der Waals surface area contributed by atoms with E-state index < -0.39 is 22.5 Å². The van der Waals surface area contributed by atoms with Gasteiger partial charge in [-0.15, -0.1) is 0 Å². The van der Waals surface area contributed by atoms with Crippen molar-refractivity contribution >= 4 is 38.9 Å². The second-order valence-electron chi connectivity index (χ2n) is 7.67. The molecular formula is C25H26N4O5S. The number of nitrogens with zero attached hydrogens (tertiary/aromatic N) is 2. The van der Waals surface area contributed by atoms with Crippen molar-refractivity contribution in [1.82, 2.24) is 5.43 Å². The Morgan fingerprint density at radius 3 is 2.20 bits per heavy atom. The first-order valence-electron chi connectivity index (χ1n) is 10.6. The number of hydrogen-bond acceptors (Lipinski definition) is 6. The Labute approximate surface area is 204 Å². The first kappa shape index (κ1) is 25.4. The zero-order valence-electron chi connectivity index (χ0n) is 19.6. The first-order chi connectivity index (χ1) is 16.6. The molecular weight excluding hydrogens is 468 g/mol.